The number of aromatic nitrogens is 2. The molecule has 5 heteroatoms. The standard InChI is InChI=1S/C15H19ClN4/c1-10-14(11-2-4-12(16)5-3-11)19-20-15(10)18-13-6-8-17-9-7-13/h2-5,13,17H,6-9H2,1H3,(H2,18,19,20). The minimum absolute atomic E-state index is 0.510. The quantitative estimate of drug-likeness (QED) is 0.814. The molecule has 3 N–H and O–H groups in total. The van der Waals surface area contributed by atoms with E-state index in [0.717, 1.165) is 53.6 Å². The third-order valence-corrected chi connectivity index (χ3v) is 4.07. The van der Waals surface area contributed by atoms with Crippen molar-refractivity contribution in [1.82, 2.24) is 15.5 Å². The summed E-state index contributed by atoms with van der Waals surface area (Å²) >= 11 is 5.93. The van der Waals surface area contributed by atoms with E-state index in [-0.39, 0.29) is 0 Å². The molecule has 1 aliphatic heterocycles. The van der Waals surface area contributed by atoms with Gasteiger partial charge in [0, 0.05) is 16.6 Å². The van der Waals surface area contributed by atoms with Crippen LogP contribution in [0.15, 0.2) is 24.3 Å². The topological polar surface area (TPSA) is 52.7 Å². The van der Waals surface area contributed by atoms with Crippen LogP contribution in [0.2, 0.25) is 5.02 Å². The highest BCUT2D eigenvalue weighted by Gasteiger charge is 2.16. The summed E-state index contributed by atoms with van der Waals surface area (Å²) in [5, 5.41) is 15.2. The molecule has 2 aromatic rings. The molecule has 1 aliphatic rings. The molecule has 0 amide bonds. The van der Waals surface area contributed by atoms with Gasteiger partial charge in [0.05, 0.1) is 5.69 Å². The Labute approximate surface area is 123 Å². The van der Waals surface area contributed by atoms with Crippen LogP contribution in [0.3, 0.4) is 0 Å². The minimum atomic E-state index is 0.510. The van der Waals surface area contributed by atoms with Gasteiger partial charge in [-0.25, -0.2) is 0 Å². The molecule has 1 aromatic carbocycles. The Bertz CT molecular complexity index is 570. The first-order valence-electron chi connectivity index (χ1n) is 7.02. The Morgan fingerprint density at radius 3 is 2.60 bits per heavy atom. The van der Waals surface area contributed by atoms with Crippen LogP contribution in [0, 0.1) is 6.92 Å². The molecule has 0 saturated carbocycles. The van der Waals surface area contributed by atoms with Gasteiger partial charge in [-0.05, 0) is 50.6 Å². The molecule has 0 aliphatic carbocycles. The van der Waals surface area contributed by atoms with Gasteiger partial charge in [0.2, 0.25) is 0 Å². The molecule has 0 unspecified atom stereocenters. The largest absolute Gasteiger partial charge is 0.366 e. The maximum Gasteiger partial charge on any atom is 0.151 e. The summed E-state index contributed by atoms with van der Waals surface area (Å²) in [6.45, 7) is 4.24. The average Bonchev–Trinajstić information content (AvgIpc) is 2.83. The number of anilines is 1. The van der Waals surface area contributed by atoms with Crippen molar-refractivity contribution in [2.75, 3.05) is 18.4 Å². The molecule has 20 heavy (non-hydrogen) atoms. The van der Waals surface area contributed by atoms with Crippen molar-refractivity contribution >= 4 is 17.4 Å². The van der Waals surface area contributed by atoms with Crippen molar-refractivity contribution in [2.45, 2.75) is 25.8 Å². The molecule has 4 nitrogen and oxygen atoms in total. The summed E-state index contributed by atoms with van der Waals surface area (Å²) in [6.07, 6.45) is 2.28. The van der Waals surface area contributed by atoms with Crippen molar-refractivity contribution in [3.63, 3.8) is 0 Å². The lowest BCUT2D eigenvalue weighted by Crippen LogP contribution is -2.35. The molecule has 0 bridgehead atoms. The smallest absolute Gasteiger partial charge is 0.151 e. The Hall–Kier alpha value is -1.52. The summed E-state index contributed by atoms with van der Waals surface area (Å²) in [5.41, 5.74) is 3.32. The third-order valence-electron chi connectivity index (χ3n) is 3.82. The van der Waals surface area contributed by atoms with Crippen molar-refractivity contribution in [3.05, 3.63) is 34.9 Å². The van der Waals surface area contributed by atoms with E-state index in [1.165, 1.54) is 0 Å². The number of rotatable bonds is 3. The van der Waals surface area contributed by atoms with Crippen molar-refractivity contribution in [2.24, 2.45) is 0 Å². The van der Waals surface area contributed by atoms with Gasteiger partial charge in [-0.15, -0.1) is 0 Å². The number of halogens is 1. The van der Waals surface area contributed by atoms with Crippen molar-refractivity contribution in [1.29, 1.82) is 0 Å². The Balaban J connectivity index is 1.79. The maximum atomic E-state index is 5.93. The lowest BCUT2D eigenvalue weighted by molar-refractivity contribution is 0.478. The zero-order chi connectivity index (χ0) is 13.9. The van der Waals surface area contributed by atoms with Crippen LogP contribution in [-0.4, -0.2) is 29.3 Å². The van der Waals surface area contributed by atoms with E-state index in [9.17, 15) is 0 Å². The van der Waals surface area contributed by atoms with Crippen molar-refractivity contribution < 1.29 is 0 Å². The molecule has 106 valence electrons. The van der Waals surface area contributed by atoms with Gasteiger partial charge in [0.1, 0.15) is 0 Å². The second kappa shape index (κ2) is 5.85. The minimum Gasteiger partial charge on any atom is -0.366 e. The van der Waals surface area contributed by atoms with Gasteiger partial charge in [-0.3, -0.25) is 5.10 Å². The number of aromatic amines is 1. The zero-order valence-electron chi connectivity index (χ0n) is 11.5. The third kappa shape index (κ3) is 2.81. The second-order valence-electron chi connectivity index (χ2n) is 5.25. The Morgan fingerprint density at radius 1 is 1.20 bits per heavy atom. The fourth-order valence-electron chi connectivity index (χ4n) is 2.60. The molecule has 1 saturated heterocycles. The molecular weight excluding hydrogens is 272 g/mol. The molecular formula is C15H19ClN4. The number of piperidine rings is 1. The van der Waals surface area contributed by atoms with E-state index in [1.54, 1.807) is 0 Å². The predicted octanol–water partition coefficient (Wildman–Crippen LogP) is 3.20. The van der Waals surface area contributed by atoms with E-state index < -0.39 is 0 Å². The number of hydrogen-bond acceptors (Lipinski definition) is 3. The van der Waals surface area contributed by atoms with Crippen molar-refractivity contribution in [3.8, 4) is 11.3 Å². The predicted molar refractivity (Wildman–Crippen MR) is 83.3 cm³/mol. The van der Waals surface area contributed by atoms with E-state index in [0.29, 0.717) is 6.04 Å². The van der Waals surface area contributed by atoms with Crippen LogP contribution in [0.5, 0.6) is 0 Å². The number of H-pyrrole nitrogens is 1. The molecule has 0 spiro atoms. The Kier molecular flexibility index (Phi) is 3.94. The molecule has 1 aromatic heterocycles. The monoisotopic (exact) mass is 290 g/mol. The lowest BCUT2D eigenvalue weighted by atomic mass is 10.1. The summed E-state index contributed by atoms with van der Waals surface area (Å²) in [4.78, 5) is 0. The first kappa shape index (κ1) is 13.5. The molecule has 2 heterocycles. The van der Waals surface area contributed by atoms with E-state index in [1.807, 2.05) is 24.3 Å². The van der Waals surface area contributed by atoms with Gasteiger partial charge >= 0.3 is 0 Å². The summed E-state index contributed by atoms with van der Waals surface area (Å²) < 4.78 is 0. The van der Waals surface area contributed by atoms with E-state index >= 15 is 0 Å². The number of nitrogens with one attached hydrogen (secondary N) is 3. The van der Waals surface area contributed by atoms with Crippen LogP contribution in [0.1, 0.15) is 18.4 Å². The highest BCUT2D eigenvalue weighted by atomic mass is 35.5. The summed E-state index contributed by atoms with van der Waals surface area (Å²) in [7, 11) is 0. The summed E-state index contributed by atoms with van der Waals surface area (Å²) in [5.74, 6) is 0.960. The van der Waals surface area contributed by atoms with Crippen LogP contribution in [-0.2, 0) is 0 Å². The fraction of sp³-hybridized carbons (Fsp3) is 0.400. The SMILES string of the molecule is Cc1c(NC2CCNCC2)n[nH]c1-c1ccc(Cl)cc1. The van der Waals surface area contributed by atoms with Crippen LogP contribution >= 0.6 is 11.6 Å². The van der Waals surface area contributed by atoms with Gasteiger partial charge in [0.15, 0.2) is 5.82 Å². The first-order valence-corrected chi connectivity index (χ1v) is 7.40. The van der Waals surface area contributed by atoms with Crippen LogP contribution in [0.25, 0.3) is 11.3 Å². The van der Waals surface area contributed by atoms with Crippen LogP contribution in [0.4, 0.5) is 5.82 Å². The zero-order valence-corrected chi connectivity index (χ0v) is 12.3. The molecule has 3 rings (SSSR count). The van der Waals surface area contributed by atoms with Gasteiger partial charge in [0.25, 0.3) is 0 Å². The first-order chi connectivity index (χ1) is 9.74. The number of hydrogen-bond donors (Lipinski definition) is 3. The highest BCUT2D eigenvalue weighted by molar-refractivity contribution is 6.30. The number of benzene rings is 1. The van der Waals surface area contributed by atoms with Gasteiger partial charge in [-0.2, -0.15) is 5.10 Å². The summed E-state index contributed by atoms with van der Waals surface area (Å²) in [6, 6.07) is 8.33. The second-order valence-corrected chi connectivity index (χ2v) is 5.68. The maximum absolute atomic E-state index is 5.93. The number of nitrogens with zero attached hydrogens (tertiary/aromatic N) is 1. The van der Waals surface area contributed by atoms with Gasteiger partial charge < -0.3 is 10.6 Å². The van der Waals surface area contributed by atoms with E-state index in [2.05, 4.69) is 27.8 Å². The normalized spacial score (nSPS) is 16.3. The average molecular weight is 291 g/mol. The molecule has 0 radical (unpaired) electrons. The molecule has 1 fully saturated rings. The van der Waals surface area contributed by atoms with Gasteiger partial charge in [-0.1, -0.05) is 23.7 Å². The van der Waals surface area contributed by atoms with E-state index in [4.69, 9.17) is 11.6 Å². The fourth-order valence-corrected chi connectivity index (χ4v) is 2.72. The Morgan fingerprint density at radius 2 is 1.90 bits per heavy atom. The van der Waals surface area contributed by atoms with Crippen LogP contribution < -0.4 is 10.6 Å². The molecule has 0 atom stereocenters. The lowest BCUT2D eigenvalue weighted by Gasteiger charge is -2.23. The highest BCUT2D eigenvalue weighted by Crippen LogP contribution is 2.27.